The summed E-state index contributed by atoms with van der Waals surface area (Å²) in [6.07, 6.45) is 1.42. The Morgan fingerprint density at radius 1 is 1.08 bits per heavy atom. The van der Waals surface area contributed by atoms with E-state index in [1.165, 1.54) is 6.21 Å². The van der Waals surface area contributed by atoms with Gasteiger partial charge in [0.2, 0.25) is 0 Å². The summed E-state index contributed by atoms with van der Waals surface area (Å²) in [4.78, 5) is 14.9. The number of aromatic nitrogens is 1. The first-order chi connectivity index (χ1) is 11.4. The number of benzene rings is 2. The van der Waals surface area contributed by atoms with Crippen LogP contribution in [-0.2, 0) is 0 Å². The van der Waals surface area contributed by atoms with E-state index >= 15 is 0 Å². The average molecular weight is 381 g/mol. The van der Waals surface area contributed by atoms with Crippen LogP contribution in [0.1, 0.15) is 11.1 Å². The van der Waals surface area contributed by atoms with Crippen LogP contribution in [0.2, 0.25) is 15.1 Å². The molecule has 2 N–H and O–H groups in total. The number of hydrazone groups is 1. The van der Waals surface area contributed by atoms with Gasteiger partial charge in [0, 0.05) is 10.5 Å². The lowest BCUT2D eigenvalue weighted by Gasteiger charge is -2.06. The minimum atomic E-state index is -0.231. The first-order valence-electron chi connectivity index (χ1n) is 7.01. The molecule has 0 aliphatic rings. The highest BCUT2D eigenvalue weighted by Gasteiger charge is 2.07. The molecule has 0 saturated carbocycles. The number of fused-ring (bicyclic) bond motifs is 1. The number of hydrogen-bond donors (Lipinski definition) is 2. The van der Waals surface area contributed by atoms with Crippen LogP contribution in [0.5, 0.6) is 0 Å². The van der Waals surface area contributed by atoms with Gasteiger partial charge in [0.1, 0.15) is 0 Å². The molecular weight excluding hydrogens is 369 g/mol. The number of aryl methyl sites for hydroxylation is 1. The van der Waals surface area contributed by atoms with Crippen molar-refractivity contribution in [3.8, 4) is 0 Å². The Bertz CT molecular complexity index is 989. The van der Waals surface area contributed by atoms with E-state index in [-0.39, 0.29) is 5.56 Å². The fraction of sp³-hybridized carbons (Fsp3) is 0.0588. The third kappa shape index (κ3) is 3.56. The topological polar surface area (TPSA) is 57.2 Å². The second kappa shape index (κ2) is 6.85. The molecule has 0 atom stereocenters. The zero-order valence-corrected chi connectivity index (χ0v) is 14.8. The average Bonchev–Trinajstić information content (AvgIpc) is 2.50. The monoisotopic (exact) mass is 379 g/mol. The summed E-state index contributed by atoms with van der Waals surface area (Å²) in [7, 11) is 0. The summed E-state index contributed by atoms with van der Waals surface area (Å²) in [6.45, 7) is 1.99. The van der Waals surface area contributed by atoms with Crippen molar-refractivity contribution in [1.82, 2.24) is 4.98 Å². The highest BCUT2D eigenvalue weighted by molar-refractivity contribution is 6.41. The van der Waals surface area contributed by atoms with Gasteiger partial charge >= 0.3 is 0 Å². The van der Waals surface area contributed by atoms with Crippen molar-refractivity contribution in [2.75, 3.05) is 5.43 Å². The molecule has 24 heavy (non-hydrogen) atoms. The molecule has 0 unspecified atom stereocenters. The standard InChI is InChI=1S/C17H12Cl3N3O/c1-9-2-3-15-10(4-9)5-11(17(24)22-15)8-21-23-16-13(19)6-12(18)7-14(16)20/h2-8,23H,1H3,(H,22,24)/b21-8+. The van der Waals surface area contributed by atoms with Gasteiger partial charge in [-0.25, -0.2) is 0 Å². The van der Waals surface area contributed by atoms with E-state index in [4.69, 9.17) is 34.8 Å². The smallest absolute Gasteiger partial charge is 0.257 e. The van der Waals surface area contributed by atoms with E-state index in [0.29, 0.717) is 26.3 Å². The maximum Gasteiger partial charge on any atom is 0.257 e. The van der Waals surface area contributed by atoms with Crippen molar-refractivity contribution in [1.29, 1.82) is 0 Å². The van der Waals surface area contributed by atoms with Crippen molar-refractivity contribution in [2.45, 2.75) is 6.92 Å². The van der Waals surface area contributed by atoms with Gasteiger partial charge < -0.3 is 4.98 Å². The number of pyridine rings is 1. The van der Waals surface area contributed by atoms with Crippen LogP contribution < -0.4 is 11.0 Å². The lowest BCUT2D eigenvalue weighted by Crippen LogP contribution is -2.12. The predicted molar refractivity (Wildman–Crippen MR) is 102 cm³/mol. The maximum absolute atomic E-state index is 12.1. The minimum absolute atomic E-state index is 0.231. The predicted octanol–water partition coefficient (Wildman–Crippen LogP) is 5.24. The summed E-state index contributed by atoms with van der Waals surface area (Å²) in [5.41, 5.74) is 5.23. The summed E-state index contributed by atoms with van der Waals surface area (Å²) < 4.78 is 0. The molecule has 0 radical (unpaired) electrons. The second-order valence-corrected chi connectivity index (χ2v) is 6.51. The van der Waals surface area contributed by atoms with Gasteiger partial charge in [-0.1, -0.05) is 46.4 Å². The molecule has 0 amide bonds. The van der Waals surface area contributed by atoms with E-state index in [0.717, 1.165) is 16.5 Å². The van der Waals surface area contributed by atoms with Crippen molar-refractivity contribution in [2.24, 2.45) is 5.10 Å². The SMILES string of the molecule is Cc1ccc2[nH]c(=O)c(/C=N/Nc3c(Cl)cc(Cl)cc3Cl)cc2c1. The number of nitrogens with zero attached hydrogens (tertiary/aromatic N) is 1. The molecule has 1 aromatic heterocycles. The molecule has 4 nitrogen and oxygen atoms in total. The summed E-state index contributed by atoms with van der Waals surface area (Å²) in [6, 6.07) is 10.7. The Kier molecular flexibility index (Phi) is 4.81. The Morgan fingerprint density at radius 3 is 2.50 bits per heavy atom. The molecule has 122 valence electrons. The van der Waals surface area contributed by atoms with Gasteiger partial charge in [0.25, 0.3) is 5.56 Å². The summed E-state index contributed by atoms with van der Waals surface area (Å²) in [5, 5.41) is 6.09. The van der Waals surface area contributed by atoms with E-state index in [9.17, 15) is 4.79 Å². The maximum atomic E-state index is 12.1. The highest BCUT2D eigenvalue weighted by atomic mass is 35.5. The number of aromatic amines is 1. The van der Waals surface area contributed by atoms with E-state index < -0.39 is 0 Å². The number of nitrogens with one attached hydrogen (secondary N) is 2. The summed E-state index contributed by atoms with van der Waals surface area (Å²) in [5.74, 6) is 0. The number of anilines is 1. The Hall–Kier alpha value is -2.01. The third-order valence-corrected chi connectivity index (χ3v) is 4.23. The first kappa shape index (κ1) is 16.8. The molecule has 0 bridgehead atoms. The number of hydrogen-bond acceptors (Lipinski definition) is 3. The van der Waals surface area contributed by atoms with Gasteiger partial charge in [0.15, 0.2) is 0 Å². The molecule has 2 aromatic carbocycles. The highest BCUT2D eigenvalue weighted by Crippen LogP contribution is 2.33. The van der Waals surface area contributed by atoms with Gasteiger partial charge in [-0.2, -0.15) is 5.10 Å². The van der Waals surface area contributed by atoms with Crippen molar-refractivity contribution >= 4 is 57.6 Å². The normalized spacial score (nSPS) is 11.3. The summed E-state index contributed by atoms with van der Waals surface area (Å²) >= 11 is 18.0. The molecule has 1 heterocycles. The zero-order valence-electron chi connectivity index (χ0n) is 12.5. The molecule has 3 aromatic rings. The van der Waals surface area contributed by atoms with E-state index in [1.807, 2.05) is 25.1 Å². The van der Waals surface area contributed by atoms with Gasteiger partial charge in [0.05, 0.1) is 27.5 Å². The Labute approximate surface area is 153 Å². The van der Waals surface area contributed by atoms with Crippen LogP contribution in [0.4, 0.5) is 5.69 Å². The zero-order chi connectivity index (χ0) is 17.3. The largest absolute Gasteiger partial charge is 0.321 e. The second-order valence-electron chi connectivity index (χ2n) is 5.26. The van der Waals surface area contributed by atoms with Crippen molar-refractivity contribution in [3.63, 3.8) is 0 Å². The number of rotatable bonds is 3. The fourth-order valence-corrected chi connectivity index (χ4v) is 3.16. The molecule has 7 heteroatoms. The third-order valence-electron chi connectivity index (χ3n) is 3.42. The molecular formula is C17H12Cl3N3O. The molecule has 0 spiro atoms. The quantitative estimate of drug-likeness (QED) is 0.482. The number of halogens is 3. The van der Waals surface area contributed by atoms with Crippen LogP contribution in [0.15, 0.2) is 46.3 Å². The van der Waals surface area contributed by atoms with E-state index in [2.05, 4.69) is 15.5 Å². The molecule has 0 aliphatic carbocycles. The Balaban J connectivity index is 1.91. The fourth-order valence-electron chi connectivity index (χ4n) is 2.25. The molecule has 0 saturated heterocycles. The number of H-pyrrole nitrogens is 1. The Morgan fingerprint density at radius 2 is 1.79 bits per heavy atom. The molecule has 3 rings (SSSR count). The van der Waals surface area contributed by atoms with E-state index in [1.54, 1.807) is 18.2 Å². The van der Waals surface area contributed by atoms with Crippen LogP contribution >= 0.6 is 34.8 Å². The lowest BCUT2D eigenvalue weighted by molar-refractivity contribution is 1.28. The van der Waals surface area contributed by atoms with Gasteiger partial charge in [-0.15, -0.1) is 0 Å². The van der Waals surface area contributed by atoms with Crippen molar-refractivity contribution < 1.29 is 0 Å². The first-order valence-corrected chi connectivity index (χ1v) is 8.15. The van der Waals surface area contributed by atoms with Crippen LogP contribution in [0, 0.1) is 6.92 Å². The van der Waals surface area contributed by atoms with Gasteiger partial charge in [-0.05, 0) is 42.6 Å². The van der Waals surface area contributed by atoms with Crippen LogP contribution in [0.3, 0.4) is 0 Å². The van der Waals surface area contributed by atoms with Gasteiger partial charge in [-0.3, -0.25) is 10.2 Å². The molecule has 0 aliphatic heterocycles. The minimum Gasteiger partial charge on any atom is -0.321 e. The van der Waals surface area contributed by atoms with Crippen LogP contribution in [-0.4, -0.2) is 11.2 Å². The van der Waals surface area contributed by atoms with Crippen molar-refractivity contribution in [3.05, 3.63) is 72.9 Å². The lowest BCUT2D eigenvalue weighted by atomic mass is 10.1. The molecule has 0 fully saturated rings. The van der Waals surface area contributed by atoms with Crippen LogP contribution in [0.25, 0.3) is 10.9 Å².